The maximum atomic E-state index is 11.6. The highest BCUT2D eigenvalue weighted by Crippen LogP contribution is 2.22. The van der Waals surface area contributed by atoms with Crippen molar-refractivity contribution >= 4 is 21.2 Å². The number of nitrogens with one attached hydrogen (secondary N) is 1. The zero-order valence-corrected chi connectivity index (χ0v) is 14.5. The van der Waals surface area contributed by atoms with Crippen LogP contribution in [0.25, 0.3) is 0 Å². The summed E-state index contributed by atoms with van der Waals surface area (Å²) in [4.78, 5) is 4.49. The van der Waals surface area contributed by atoms with Crippen molar-refractivity contribution in [3.63, 3.8) is 0 Å². The molecule has 5 nitrogen and oxygen atoms in total. The van der Waals surface area contributed by atoms with Crippen LogP contribution in [-0.2, 0) is 16.4 Å². The molecule has 3 rings (SSSR count). The van der Waals surface area contributed by atoms with Crippen LogP contribution in [0.3, 0.4) is 0 Å². The number of anilines is 2. The molecular formula is C19H18N2O3S. The summed E-state index contributed by atoms with van der Waals surface area (Å²) in [5, 5.41) is 3.19. The number of aromatic nitrogens is 1. The third-order valence-corrected chi connectivity index (χ3v) is 4.63. The van der Waals surface area contributed by atoms with Gasteiger partial charge in [0, 0.05) is 23.8 Å². The van der Waals surface area contributed by atoms with Gasteiger partial charge in [-0.05, 0) is 54.6 Å². The van der Waals surface area contributed by atoms with E-state index in [1.807, 2.05) is 48.5 Å². The highest BCUT2D eigenvalue weighted by Gasteiger charge is 2.07. The minimum atomic E-state index is -3.22. The second-order valence-corrected chi connectivity index (χ2v) is 7.57. The Morgan fingerprint density at radius 2 is 1.76 bits per heavy atom. The molecule has 128 valence electrons. The Morgan fingerprint density at radius 3 is 2.44 bits per heavy atom. The summed E-state index contributed by atoms with van der Waals surface area (Å²) in [7, 11) is -3.22. The van der Waals surface area contributed by atoms with Gasteiger partial charge in [0.15, 0.2) is 9.84 Å². The van der Waals surface area contributed by atoms with Crippen LogP contribution in [-0.4, -0.2) is 19.7 Å². The molecule has 1 aromatic heterocycles. The van der Waals surface area contributed by atoms with Gasteiger partial charge in [0.1, 0.15) is 12.4 Å². The molecule has 0 aliphatic rings. The van der Waals surface area contributed by atoms with E-state index in [4.69, 9.17) is 4.74 Å². The van der Waals surface area contributed by atoms with Crippen molar-refractivity contribution in [3.05, 3.63) is 78.6 Å². The Kier molecular flexibility index (Phi) is 5.00. The number of rotatable bonds is 6. The normalized spacial score (nSPS) is 11.1. The number of nitrogens with zero attached hydrogens (tertiary/aromatic N) is 1. The summed E-state index contributed by atoms with van der Waals surface area (Å²) in [5.41, 5.74) is 2.42. The number of ether oxygens (including phenoxy) is 1. The first kappa shape index (κ1) is 17.0. The van der Waals surface area contributed by atoms with Crippen LogP contribution >= 0.6 is 0 Å². The van der Waals surface area contributed by atoms with E-state index in [9.17, 15) is 8.42 Å². The first-order valence-electron chi connectivity index (χ1n) is 7.71. The molecule has 6 heteroatoms. The number of pyridine rings is 1. The van der Waals surface area contributed by atoms with Crippen molar-refractivity contribution in [2.24, 2.45) is 0 Å². The van der Waals surface area contributed by atoms with E-state index < -0.39 is 9.84 Å². The number of hydrogen-bond donors (Lipinski definition) is 1. The van der Waals surface area contributed by atoms with E-state index in [1.54, 1.807) is 24.4 Å². The van der Waals surface area contributed by atoms with Crippen LogP contribution in [0.5, 0.6) is 5.75 Å². The minimum Gasteiger partial charge on any atom is -0.487 e. The maximum absolute atomic E-state index is 11.6. The molecule has 0 unspecified atom stereocenters. The Balaban J connectivity index is 1.65. The van der Waals surface area contributed by atoms with E-state index in [1.165, 1.54) is 6.26 Å². The average Bonchev–Trinajstić information content (AvgIpc) is 2.62. The van der Waals surface area contributed by atoms with Gasteiger partial charge in [-0.3, -0.25) is 4.98 Å². The quantitative estimate of drug-likeness (QED) is 0.729. The van der Waals surface area contributed by atoms with E-state index >= 15 is 0 Å². The summed E-state index contributed by atoms with van der Waals surface area (Å²) < 4.78 is 28.9. The zero-order valence-electron chi connectivity index (χ0n) is 13.7. The van der Waals surface area contributed by atoms with Gasteiger partial charge < -0.3 is 10.1 Å². The van der Waals surface area contributed by atoms with Crippen molar-refractivity contribution < 1.29 is 13.2 Å². The predicted molar refractivity (Wildman–Crippen MR) is 97.8 cm³/mol. The van der Waals surface area contributed by atoms with Gasteiger partial charge in [0.25, 0.3) is 0 Å². The first-order valence-corrected chi connectivity index (χ1v) is 9.60. The van der Waals surface area contributed by atoms with Crippen LogP contribution in [0.2, 0.25) is 0 Å². The first-order chi connectivity index (χ1) is 12.0. The lowest BCUT2D eigenvalue weighted by Crippen LogP contribution is -1.99. The molecule has 2 aromatic carbocycles. The topological polar surface area (TPSA) is 68.3 Å². The Labute approximate surface area is 147 Å². The number of sulfone groups is 1. The summed E-state index contributed by atoms with van der Waals surface area (Å²) in [6.07, 6.45) is 2.93. The highest BCUT2D eigenvalue weighted by molar-refractivity contribution is 7.90. The molecule has 0 radical (unpaired) electrons. The van der Waals surface area contributed by atoms with Gasteiger partial charge >= 0.3 is 0 Å². The fourth-order valence-electron chi connectivity index (χ4n) is 2.25. The number of benzene rings is 2. The van der Waals surface area contributed by atoms with Crippen LogP contribution in [0.15, 0.2) is 77.8 Å². The lowest BCUT2D eigenvalue weighted by Gasteiger charge is -2.10. The largest absolute Gasteiger partial charge is 0.487 e. The van der Waals surface area contributed by atoms with Crippen molar-refractivity contribution in [1.82, 2.24) is 4.98 Å². The molecule has 25 heavy (non-hydrogen) atoms. The molecule has 1 N–H and O–H groups in total. The lowest BCUT2D eigenvalue weighted by atomic mass is 10.2. The molecule has 3 aromatic rings. The Morgan fingerprint density at radius 1 is 0.960 bits per heavy atom. The van der Waals surface area contributed by atoms with Gasteiger partial charge in [-0.15, -0.1) is 0 Å². The molecule has 0 atom stereocenters. The zero-order chi connectivity index (χ0) is 17.7. The third-order valence-electron chi connectivity index (χ3n) is 3.52. The van der Waals surface area contributed by atoms with E-state index in [0.717, 1.165) is 17.1 Å². The van der Waals surface area contributed by atoms with Gasteiger partial charge in [0.05, 0.1) is 10.6 Å². The van der Waals surface area contributed by atoms with Gasteiger partial charge in [-0.1, -0.05) is 12.1 Å². The third kappa shape index (κ3) is 4.81. The maximum Gasteiger partial charge on any atom is 0.175 e. The van der Waals surface area contributed by atoms with Crippen LogP contribution in [0.1, 0.15) is 5.69 Å². The molecule has 0 aliphatic carbocycles. The van der Waals surface area contributed by atoms with Crippen molar-refractivity contribution in [2.75, 3.05) is 11.6 Å². The van der Waals surface area contributed by atoms with E-state index in [0.29, 0.717) is 12.3 Å². The van der Waals surface area contributed by atoms with Crippen LogP contribution < -0.4 is 10.1 Å². The molecule has 0 fully saturated rings. The minimum absolute atomic E-state index is 0.285. The summed E-state index contributed by atoms with van der Waals surface area (Å²) in [6.45, 7) is 0.407. The average molecular weight is 354 g/mol. The SMILES string of the molecule is CS(=O)(=O)c1cccc(Nc2ccc(OCc3ccccn3)cc2)c1. The van der Waals surface area contributed by atoms with Crippen molar-refractivity contribution in [1.29, 1.82) is 0 Å². The molecule has 0 saturated heterocycles. The van der Waals surface area contributed by atoms with Crippen molar-refractivity contribution in [3.8, 4) is 5.75 Å². The van der Waals surface area contributed by atoms with E-state index in [-0.39, 0.29) is 4.90 Å². The second-order valence-electron chi connectivity index (χ2n) is 5.56. The molecule has 0 saturated carbocycles. The molecule has 0 amide bonds. The standard InChI is InChI=1S/C19H18N2O3S/c1-25(22,23)19-7-4-6-16(13-19)21-15-8-10-18(11-9-15)24-14-17-5-2-3-12-20-17/h2-13,21H,14H2,1H3. The van der Waals surface area contributed by atoms with Crippen LogP contribution in [0, 0.1) is 0 Å². The molecule has 1 heterocycles. The van der Waals surface area contributed by atoms with Gasteiger partial charge in [-0.25, -0.2) is 8.42 Å². The van der Waals surface area contributed by atoms with Crippen LogP contribution in [0.4, 0.5) is 11.4 Å². The van der Waals surface area contributed by atoms with E-state index in [2.05, 4.69) is 10.3 Å². The monoisotopic (exact) mass is 354 g/mol. The summed E-state index contributed by atoms with van der Waals surface area (Å²) in [6, 6.07) is 19.9. The van der Waals surface area contributed by atoms with Gasteiger partial charge in [-0.2, -0.15) is 0 Å². The molecule has 0 spiro atoms. The van der Waals surface area contributed by atoms with Gasteiger partial charge in [0.2, 0.25) is 0 Å². The molecule has 0 aliphatic heterocycles. The fourth-order valence-corrected chi connectivity index (χ4v) is 2.91. The molecular weight excluding hydrogens is 336 g/mol. The fraction of sp³-hybridized carbons (Fsp3) is 0.105. The smallest absolute Gasteiger partial charge is 0.175 e. The summed E-state index contributed by atoms with van der Waals surface area (Å²) >= 11 is 0. The molecule has 0 bridgehead atoms. The highest BCUT2D eigenvalue weighted by atomic mass is 32.2. The predicted octanol–water partition coefficient (Wildman–Crippen LogP) is 3.81. The summed E-state index contributed by atoms with van der Waals surface area (Å²) in [5.74, 6) is 0.737. The Bertz CT molecular complexity index is 940. The van der Waals surface area contributed by atoms with Crippen molar-refractivity contribution in [2.45, 2.75) is 11.5 Å². The second kappa shape index (κ2) is 7.36. The number of hydrogen-bond acceptors (Lipinski definition) is 5. The lowest BCUT2D eigenvalue weighted by molar-refractivity contribution is 0.301. The Hall–Kier alpha value is -2.86.